The van der Waals surface area contributed by atoms with Gasteiger partial charge in [-0.2, -0.15) is 0 Å². The Kier molecular flexibility index (Phi) is 8.86. The average molecular weight is 417 g/mol. The van der Waals surface area contributed by atoms with Crippen LogP contribution in [-0.4, -0.2) is 33.5 Å². The number of rotatable bonds is 10. The summed E-state index contributed by atoms with van der Waals surface area (Å²) in [5.74, 6) is 0.0647. The van der Waals surface area contributed by atoms with Crippen molar-refractivity contribution in [3.63, 3.8) is 0 Å². The third kappa shape index (κ3) is 7.31. The average Bonchev–Trinajstić information content (AvgIpc) is 2.64. The van der Waals surface area contributed by atoms with Crippen LogP contribution < -0.4 is 14.8 Å². The van der Waals surface area contributed by atoms with Crippen molar-refractivity contribution in [1.29, 1.82) is 0 Å². The molecule has 2 rings (SSSR count). The Hall–Kier alpha value is -1.31. The van der Waals surface area contributed by atoms with Crippen molar-refractivity contribution in [1.82, 2.24) is 10.0 Å². The predicted octanol–water partition coefficient (Wildman–Crippen LogP) is 3.64. The van der Waals surface area contributed by atoms with E-state index in [0.717, 1.165) is 51.4 Å². The molecule has 1 aromatic carbocycles. The van der Waals surface area contributed by atoms with Crippen LogP contribution in [0.3, 0.4) is 0 Å². The van der Waals surface area contributed by atoms with Crippen LogP contribution in [0, 0.1) is 0 Å². The number of unbranched alkanes of at least 4 members (excludes halogenated alkanes) is 2. The molecule has 1 aromatic rings. The molecule has 0 bridgehead atoms. The van der Waals surface area contributed by atoms with Gasteiger partial charge in [0.1, 0.15) is 5.75 Å². The summed E-state index contributed by atoms with van der Waals surface area (Å²) < 4.78 is 33.2. The van der Waals surface area contributed by atoms with Crippen LogP contribution >= 0.6 is 11.6 Å². The molecule has 0 radical (unpaired) electrons. The van der Waals surface area contributed by atoms with Gasteiger partial charge in [0.25, 0.3) is 5.91 Å². The van der Waals surface area contributed by atoms with Gasteiger partial charge in [-0.1, -0.05) is 50.6 Å². The first-order valence-corrected chi connectivity index (χ1v) is 11.5. The second-order valence-corrected chi connectivity index (χ2v) is 9.02. The Morgan fingerprint density at radius 3 is 2.63 bits per heavy atom. The normalized spacial score (nSPS) is 15.5. The number of halogens is 1. The number of carbonyl (C=O) groups excluding carboxylic acids is 1. The van der Waals surface area contributed by atoms with Gasteiger partial charge in [0.05, 0.1) is 9.92 Å². The van der Waals surface area contributed by atoms with Crippen molar-refractivity contribution in [2.75, 3.05) is 13.2 Å². The molecule has 0 spiro atoms. The minimum absolute atomic E-state index is 0.0187. The van der Waals surface area contributed by atoms with E-state index >= 15 is 0 Å². The van der Waals surface area contributed by atoms with Crippen LogP contribution in [0.5, 0.6) is 5.75 Å². The van der Waals surface area contributed by atoms with E-state index in [2.05, 4.69) is 17.0 Å². The molecule has 27 heavy (non-hydrogen) atoms. The number of benzene rings is 1. The fraction of sp³-hybridized carbons (Fsp3) is 0.632. The molecule has 0 aromatic heterocycles. The number of carbonyl (C=O) groups is 1. The van der Waals surface area contributed by atoms with Crippen molar-refractivity contribution in [2.45, 2.75) is 69.2 Å². The minimum atomic E-state index is -3.62. The van der Waals surface area contributed by atoms with Crippen LogP contribution in [0.1, 0.15) is 58.3 Å². The van der Waals surface area contributed by atoms with E-state index in [1.165, 1.54) is 18.2 Å². The predicted molar refractivity (Wildman–Crippen MR) is 107 cm³/mol. The van der Waals surface area contributed by atoms with Crippen LogP contribution in [0.4, 0.5) is 0 Å². The quantitative estimate of drug-likeness (QED) is 0.570. The van der Waals surface area contributed by atoms with Crippen molar-refractivity contribution < 1.29 is 17.9 Å². The Labute approximate surface area is 167 Å². The summed E-state index contributed by atoms with van der Waals surface area (Å²) in [6.45, 7) is 2.56. The van der Waals surface area contributed by atoms with Gasteiger partial charge >= 0.3 is 0 Å². The highest BCUT2D eigenvalue weighted by Gasteiger charge is 2.22. The van der Waals surface area contributed by atoms with Gasteiger partial charge < -0.3 is 10.1 Å². The van der Waals surface area contributed by atoms with E-state index in [0.29, 0.717) is 6.54 Å². The Balaban J connectivity index is 1.89. The van der Waals surface area contributed by atoms with Gasteiger partial charge in [0, 0.05) is 12.6 Å². The van der Waals surface area contributed by atoms with Crippen LogP contribution in [0.25, 0.3) is 0 Å². The maximum Gasteiger partial charge on any atom is 0.257 e. The first-order chi connectivity index (χ1) is 12.9. The molecule has 0 unspecified atom stereocenters. The van der Waals surface area contributed by atoms with E-state index in [9.17, 15) is 13.2 Å². The van der Waals surface area contributed by atoms with Gasteiger partial charge in [-0.15, -0.1) is 0 Å². The maximum absolute atomic E-state index is 12.5. The van der Waals surface area contributed by atoms with Gasteiger partial charge in [-0.3, -0.25) is 4.79 Å². The highest BCUT2D eigenvalue weighted by Crippen LogP contribution is 2.28. The molecule has 0 atom stereocenters. The lowest BCUT2D eigenvalue weighted by Crippen LogP contribution is -2.36. The number of hydrogen-bond donors (Lipinski definition) is 2. The van der Waals surface area contributed by atoms with Crippen LogP contribution in [-0.2, 0) is 14.8 Å². The van der Waals surface area contributed by atoms with Crippen LogP contribution in [0.2, 0.25) is 5.02 Å². The first-order valence-electron chi connectivity index (χ1n) is 9.63. The molecule has 1 saturated carbocycles. The Morgan fingerprint density at radius 1 is 1.22 bits per heavy atom. The zero-order valence-electron chi connectivity index (χ0n) is 15.8. The topological polar surface area (TPSA) is 84.5 Å². The van der Waals surface area contributed by atoms with Crippen molar-refractivity contribution >= 4 is 27.5 Å². The molecule has 0 heterocycles. The molecule has 2 N–H and O–H groups in total. The van der Waals surface area contributed by atoms with Crippen molar-refractivity contribution in [2.24, 2.45) is 0 Å². The summed E-state index contributed by atoms with van der Waals surface area (Å²) in [5, 5.41) is 2.94. The molecular weight excluding hydrogens is 388 g/mol. The number of nitrogens with one attached hydrogen (secondary N) is 2. The molecule has 1 amide bonds. The fourth-order valence-corrected chi connectivity index (χ4v) is 4.70. The third-order valence-corrected chi connectivity index (χ3v) is 6.42. The zero-order valence-corrected chi connectivity index (χ0v) is 17.4. The molecule has 1 fully saturated rings. The minimum Gasteiger partial charge on any atom is -0.482 e. The lowest BCUT2D eigenvalue weighted by Gasteiger charge is -2.22. The second kappa shape index (κ2) is 10.9. The Morgan fingerprint density at radius 2 is 1.96 bits per heavy atom. The summed E-state index contributed by atoms with van der Waals surface area (Å²) >= 11 is 6.16. The summed E-state index contributed by atoms with van der Waals surface area (Å²) in [5.41, 5.74) is 0. The van der Waals surface area contributed by atoms with E-state index in [1.54, 1.807) is 0 Å². The molecule has 8 heteroatoms. The monoisotopic (exact) mass is 416 g/mol. The van der Waals surface area contributed by atoms with Gasteiger partial charge in [-0.25, -0.2) is 13.1 Å². The lowest BCUT2D eigenvalue weighted by molar-refractivity contribution is -0.123. The Bertz CT molecular complexity index is 718. The summed E-state index contributed by atoms with van der Waals surface area (Å²) in [6, 6.07) is 4.28. The maximum atomic E-state index is 12.5. The number of sulfonamides is 1. The molecule has 0 saturated heterocycles. The smallest absolute Gasteiger partial charge is 0.257 e. The van der Waals surface area contributed by atoms with Gasteiger partial charge in [-0.05, 0) is 37.5 Å². The molecule has 6 nitrogen and oxygen atoms in total. The van der Waals surface area contributed by atoms with E-state index in [-0.39, 0.29) is 34.2 Å². The number of hydrogen-bond acceptors (Lipinski definition) is 4. The zero-order chi connectivity index (χ0) is 19.7. The van der Waals surface area contributed by atoms with Crippen molar-refractivity contribution in [3.8, 4) is 5.75 Å². The summed E-state index contributed by atoms with van der Waals surface area (Å²) in [6.07, 6.45) is 8.06. The fourth-order valence-electron chi connectivity index (χ4n) is 3.07. The molecule has 1 aliphatic rings. The van der Waals surface area contributed by atoms with Gasteiger partial charge in [0.15, 0.2) is 6.61 Å². The molecule has 0 aliphatic heterocycles. The first kappa shape index (κ1) is 22.0. The third-order valence-electron chi connectivity index (χ3n) is 4.60. The molecule has 152 valence electrons. The summed E-state index contributed by atoms with van der Waals surface area (Å²) in [7, 11) is -3.62. The standard InChI is InChI=1S/C19H29ClN2O4S/c1-2-3-7-12-21-19(23)14-26-18-11-10-16(13-17(18)20)27(24,25)22-15-8-5-4-6-9-15/h10-11,13,15,22H,2-9,12,14H2,1H3,(H,21,23). The largest absolute Gasteiger partial charge is 0.482 e. The van der Waals surface area contributed by atoms with Gasteiger partial charge in [0.2, 0.25) is 10.0 Å². The van der Waals surface area contributed by atoms with Crippen LogP contribution in [0.15, 0.2) is 23.1 Å². The summed E-state index contributed by atoms with van der Waals surface area (Å²) in [4.78, 5) is 11.9. The van der Waals surface area contributed by atoms with E-state index < -0.39 is 10.0 Å². The lowest BCUT2D eigenvalue weighted by atomic mass is 9.96. The molecule has 1 aliphatic carbocycles. The second-order valence-electron chi connectivity index (χ2n) is 6.89. The molecular formula is C19H29ClN2O4S. The van der Waals surface area contributed by atoms with E-state index in [4.69, 9.17) is 16.3 Å². The van der Waals surface area contributed by atoms with E-state index in [1.807, 2.05) is 0 Å². The number of ether oxygens (including phenoxy) is 1. The number of amides is 1. The highest BCUT2D eigenvalue weighted by atomic mass is 35.5. The highest BCUT2D eigenvalue weighted by molar-refractivity contribution is 7.89. The van der Waals surface area contributed by atoms with Crippen molar-refractivity contribution in [3.05, 3.63) is 23.2 Å². The SMILES string of the molecule is CCCCCNC(=O)COc1ccc(S(=O)(=O)NC2CCCCC2)cc1Cl.